The summed E-state index contributed by atoms with van der Waals surface area (Å²) in [5.74, 6) is -0.993. The van der Waals surface area contributed by atoms with Gasteiger partial charge in [0.1, 0.15) is 11.6 Å². The standard InChI is InChI=1S/C14H19F2NO.ClH/c15-10-6-7-12(16)11(8-10)13(17)14(18)9-4-2-1-3-5-9;/h6-9,13-14,18H,1-5,17H2;1H/t13-,14+;/m1./s1. The van der Waals surface area contributed by atoms with Crippen LogP contribution in [-0.2, 0) is 0 Å². The van der Waals surface area contributed by atoms with Gasteiger partial charge in [-0.05, 0) is 37.0 Å². The van der Waals surface area contributed by atoms with E-state index in [0.717, 1.165) is 43.9 Å². The molecule has 0 saturated heterocycles. The topological polar surface area (TPSA) is 46.2 Å². The number of aliphatic hydroxyl groups is 1. The van der Waals surface area contributed by atoms with E-state index in [1.165, 1.54) is 6.42 Å². The summed E-state index contributed by atoms with van der Waals surface area (Å²) < 4.78 is 26.7. The van der Waals surface area contributed by atoms with Crippen LogP contribution in [0, 0.1) is 17.6 Å². The van der Waals surface area contributed by atoms with Crippen LogP contribution in [-0.4, -0.2) is 11.2 Å². The molecule has 1 aromatic rings. The highest BCUT2D eigenvalue weighted by Crippen LogP contribution is 2.32. The zero-order valence-electron chi connectivity index (χ0n) is 10.7. The highest BCUT2D eigenvalue weighted by atomic mass is 35.5. The van der Waals surface area contributed by atoms with Crippen molar-refractivity contribution in [1.29, 1.82) is 0 Å². The Bertz CT molecular complexity index is 410. The van der Waals surface area contributed by atoms with Gasteiger partial charge in [0.05, 0.1) is 12.1 Å². The molecule has 2 atom stereocenters. The Morgan fingerprint density at radius 3 is 2.42 bits per heavy atom. The highest BCUT2D eigenvalue weighted by molar-refractivity contribution is 5.85. The lowest BCUT2D eigenvalue weighted by molar-refractivity contribution is 0.0607. The van der Waals surface area contributed by atoms with Gasteiger partial charge in [0.2, 0.25) is 0 Å². The minimum absolute atomic E-state index is 0. The number of hydrogen-bond donors (Lipinski definition) is 2. The van der Waals surface area contributed by atoms with Gasteiger partial charge in [0.15, 0.2) is 0 Å². The Morgan fingerprint density at radius 2 is 1.79 bits per heavy atom. The third kappa shape index (κ3) is 3.88. The second-order valence-corrected chi connectivity index (χ2v) is 5.08. The van der Waals surface area contributed by atoms with E-state index in [1.807, 2.05) is 0 Å². The van der Waals surface area contributed by atoms with Crippen molar-refractivity contribution in [1.82, 2.24) is 0 Å². The predicted octanol–water partition coefficient (Wildman–Crippen LogP) is 3.33. The molecule has 1 aliphatic rings. The molecule has 0 bridgehead atoms. The van der Waals surface area contributed by atoms with E-state index < -0.39 is 23.8 Å². The summed E-state index contributed by atoms with van der Waals surface area (Å²) in [7, 11) is 0. The number of benzene rings is 1. The van der Waals surface area contributed by atoms with Gasteiger partial charge in [-0.15, -0.1) is 12.4 Å². The van der Waals surface area contributed by atoms with Crippen molar-refractivity contribution in [3.05, 3.63) is 35.4 Å². The lowest BCUT2D eigenvalue weighted by Gasteiger charge is -2.30. The van der Waals surface area contributed by atoms with Crippen LogP contribution in [0.5, 0.6) is 0 Å². The maximum absolute atomic E-state index is 13.6. The molecular formula is C14H20ClF2NO. The van der Waals surface area contributed by atoms with Crippen LogP contribution in [0.25, 0.3) is 0 Å². The van der Waals surface area contributed by atoms with Crippen molar-refractivity contribution in [2.45, 2.75) is 44.2 Å². The maximum Gasteiger partial charge on any atom is 0.128 e. The Hall–Kier alpha value is -0.710. The molecule has 19 heavy (non-hydrogen) atoms. The molecule has 1 aliphatic carbocycles. The van der Waals surface area contributed by atoms with Gasteiger partial charge in [-0.2, -0.15) is 0 Å². The van der Waals surface area contributed by atoms with Crippen LogP contribution < -0.4 is 5.73 Å². The first kappa shape index (κ1) is 16.3. The lowest BCUT2D eigenvalue weighted by atomic mass is 9.81. The molecule has 0 radical (unpaired) electrons. The fourth-order valence-corrected chi connectivity index (χ4v) is 2.72. The molecule has 5 heteroatoms. The van der Waals surface area contributed by atoms with Gasteiger partial charge >= 0.3 is 0 Å². The number of aliphatic hydroxyl groups excluding tert-OH is 1. The van der Waals surface area contributed by atoms with Crippen LogP contribution in [0.1, 0.15) is 43.7 Å². The molecule has 2 rings (SSSR count). The molecule has 0 aromatic heterocycles. The lowest BCUT2D eigenvalue weighted by Crippen LogP contribution is -2.34. The second-order valence-electron chi connectivity index (χ2n) is 5.08. The molecule has 1 fully saturated rings. The number of rotatable bonds is 3. The average molecular weight is 292 g/mol. The van der Waals surface area contributed by atoms with Crippen molar-refractivity contribution in [2.24, 2.45) is 11.7 Å². The van der Waals surface area contributed by atoms with Crippen LogP contribution in [0.15, 0.2) is 18.2 Å². The first-order valence-corrected chi connectivity index (χ1v) is 6.48. The molecule has 0 spiro atoms. The Balaban J connectivity index is 0.00000180. The van der Waals surface area contributed by atoms with Crippen molar-refractivity contribution in [3.8, 4) is 0 Å². The van der Waals surface area contributed by atoms with E-state index in [1.54, 1.807) is 0 Å². The van der Waals surface area contributed by atoms with E-state index >= 15 is 0 Å². The highest BCUT2D eigenvalue weighted by Gasteiger charge is 2.29. The fraction of sp³-hybridized carbons (Fsp3) is 0.571. The van der Waals surface area contributed by atoms with E-state index in [0.29, 0.717) is 0 Å². The Morgan fingerprint density at radius 1 is 1.16 bits per heavy atom. The summed E-state index contributed by atoms with van der Waals surface area (Å²) >= 11 is 0. The summed E-state index contributed by atoms with van der Waals surface area (Å²) in [6.45, 7) is 0. The van der Waals surface area contributed by atoms with Gasteiger partial charge in [-0.1, -0.05) is 19.3 Å². The van der Waals surface area contributed by atoms with Crippen molar-refractivity contribution in [2.75, 3.05) is 0 Å². The molecule has 3 N–H and O–H groups in total. The summed E-state index contributed by atoms with van der Waals surface area (Å²) in [4.78, 5) is 0. The molecule has 0 heterocycles. The summed E-state index contributed by atoms with van der Waals surface area (Å²) in [5.41, 5.74) is 5.95. The Kier molecular flexibility index (Phi) is 6.17. The van der Waals surface area contributed by atoms with Crippen LogP contribution in [0.3, 0.4) is 0 Å². The average Bonchev–Trinajstić information content (AvgIpc) is 2.41. The van der Waals surface area contributed by atoms with Crippen LogP contribution in [0.4, 0.5) is 8.78 Å². The van der Waals surface area contributed by atoms with Gasteiger partial charge in [-0.25, -0.2) is 8.78 Å². The van der Waals surface area contributed by atoms with E-state index in [2.05, 4.69) is 0 Å². The number of halogens is 3. The molecule has 0 amide bonds. The second kappa shape index (κ2) is 7.17. The van der Waals surface area contributed by atoms with Gasteiger partial charge in [0.25, 0.3) is 0 Å². The van der Waals surface area contributed by atoms with Gasteiger partial charge in [-0.3, -0.25) is 0 Å². The van der Waals surface area contributed by atoms with Crippen molar-refractivity contribution < 1.29 is 13.9 Å². The smallest absolute Gasteiger partial charge is 0.128 e. The maximum atomic E-state index is 13.6. The van der Waals surface area contributed by atoms with Gasteiger partial charge < -0.3 is 10.8 Å². The van der Waals surface area contributed by atoms with Crippen LogP contribution in [0.2, 0.25) is 0 Å². The van der Waals surface area contributed by atoms with E-state index in [-0.39, 0.29) is 23.9 Å². The Labute approximate surface area is 118 Å². The fourth-order valence-electron chi connectivity index (χ4n) is 2.72. The minimum Gasteiger partial charge on any atom is -0.391 e. The molecule has 1 saturated carbocycles. The zero-order valence-corrected chi connectivity index (χ0v) is 11.5. The monoisotopic (exact) mass is 291 g/mol. The third-order valence-corrected chi connectivity index (χ3v) is 3.82. The molecule has 1 aromatic carbocycles. The summed E-state index contributed by atoms with van der Waals surface area (Å²) in [6.07, 6.45) is 4.33. The zero-order chi connectivity index (χ0) is 13.1. The normalized spacial score (nSPS) is 19.6. The molecule has 108 valence electrons. The molecular weight excluding hydrogens is 272 g/mol. The van der Waals surface area contributed by atoms with Crippen molar-refractivity contribution in [3.63, 3.8) is 0 Å². The molecule has 2 nitrogen and oxygen atoms in total. The quantitative estimate of drug-likeness (QED) is 0.897. The number of nitrogens with two attached hydrogens (primary N) is 1. The minimum atomic E-state index is -0.858. The first-order chi connectivity index (χ1) is 8.59. The summed E-state index contributed by atoms with van der Waals surface area (Å²) in [6, 6.07) is 2.33. The number of hydrogen-bond acceptors (Lipinski definition) is 2. The van der Waals surface area contributed by atoms with E-state index in [9.17, 15) is 13.9 Å². The molecule has 0 aliphatic heterocycles. The van der Waals surface area contributed by atoms with E-state index in [4.69, 9.17) is 5.73 Å². The predicted molar refractivity (Wildman–Crippen MR) is 73.1 cm³/mol. The van der Waals surface area contributed by atoms with Crippen molar-refractivity contribution >= 4 is 12.4 Å². The van der Waals surface area contributed by atoms with Gasteiger partial charge in [0, 0.05) is 5.56 Å². The molecule has 0 unspecified atom stereocenters. The SMILES string of the molecule is Cl.N[C@H](c1cc(F)ccc1F)[C@@H](O)C1CCCCC1. The summed E-state index contributed by atoms with van der Waals surface area (Å²) in [5, 5.41) is 10.2. The largest absolute Gasteiger partial charge is 0.391 e. The third-order valence-electron chi connectivity index (χ3n) is 3.82. The van der Waals surface area contributed by atoms with Crippen LogP contribution >= 0.6 is 12.4 Å². The first-order valence-electron chi connectivity index (χ1n) is 6.48.